The van der Waals surface area contributed by atoms with Crippen molar-refractivity contribution in [3.05, 3.63) is 71.9 Å². The molecule has 0 saturated heterocycles. The number of carbonyl (C=O) groups excluding carboxylic acids is 2. The predicted octanol–water partition coefficient (Wildman–Crippen LogP) is 3.52. The minimum Gasteiger partial charge on any atom is -0.497 e. The van der Waals surface area contributed by atoms with E-state index in [1.807, 2.05) is 54.6 Å². The first-order chi connectivity index (χ1) is 15.1. The van der Waals surface area contributed by atoms with Crippen LogP contribution in [0.3, 0.4) is 0 Å². The second-order valence-electron chi connectivity index (χ2n) is 7.70. The van der Waals surface area contributed by atoms with E-state index in [4.69, 9.17) is 9.26 Å². The summed E-state index contributed by atoms with van der Waals surface area (Å²) in [7, 11) is 1.60. The van der Waals surface area contributed by atoms with Gasteiger partial charge in [-0.1, -0.05) is 35.5 Å². The van der Waals surface area contributed by atoms with Gasteiger partial charge in [-0.15, -0.1) is 0 Å². The first-order valence-corrected chi connectivity index (χ1v) is 10.3. The molecule has 7 heteroatoms. The van der Waals surface area contributed by atoms with Crippen molar-refractivity contribution in [1.29, 1.82) is 0 Å². The molecule has 31 heavy (non-hydrogen) atoms. The zero-order chi connectivity index (χ0) is 21.6. The van der Waals surface area contributed by atoms with Crippen molar-refractivity contribution in [3.8, 4) is 17.1 Å². The lowest BCUT2D eigenvalue weighted by molar-refractivity contribution is -0.121. The molecule has 0 aliphatic heterocycles. The Bertz CT molecular complexity index is 1030. The molecule has 0 atom stereocenters. The fourth-order valence-electron chi connectivity index (χ4n) is 3.24. The fraction of sp³-hybridized carbons (Fsp3) is 0.292. The number of benzene rings is 2. The minimum atomic E-state index is -0.353. The smallest absolute Gasteiger partial charge is 0.276 e. The van der Waals surface area contributed by atoms with Gasteiger partial charge in [0, 0.05) is 24.7 Å². The van der Waals surface area contributed by atoms with Crippen molar-refractivity contribution in [2.24, 2.45) is 5.92 Å². The van der Waals surface area contributed by atoms with Crippen molar-refractivity contribution in [2.75, 3.05) is 20.2 Å². The van der Waals surface area contributed by atoms with Crippen LogP contribution in [0, 0.1) is 5.92 Å². The molecule has 3 aromatic rings. The summed E-state index contributed by atoms with van der Waals surface area (Å²) < 4.78 is 10.6. The van der Waals surface area contributed by atoms with Crippen molar-refractivity contribution >= 4 is 11.8 Å². The van der Waals surface area contributed by atoms with Crippen LogP contribution in [0.5, 0.6) is 5.75 Å². The zero-order valence-corrected chi connectivity index (χ0v) is 17.4. The van der Waals surface area contributed by atoms with Gasteiger partial charge in [-0.25, -0.2) is 0 Å². The second-order valence-corrected chi connectivity index (χ2v) is 7.70. The lowest BCUT2D eigenvalue weighted by Crippen LogP contribution is -2.41. The molecule has 160 valence electrons. The van der Waals surface area contributed by atoms with Crippen LogP contribution in [0.2, 0.25) is 0 Å². The Hall–Kier alpha value is -3.61. The molecule has 1 aliphatic carbocycles. The number of hydrogen-bond acceptors (Lipinski definition) is 5. The number of rotatable bonds is 9. The summed E-state index contributed by atoms with van der Waals surface area (Å²) in [6.45, 7) is 0.935. The summed E-state index contributed by atoms with van der Waals surface area (Å²) in [4.78, 5) is 27.1. The van der Waals surface area contributed by atoms with Crippen molar-refractivity contribution in [3.63, 3.8) is 0 Å². The highest BCUT2D eigenvalue weighted by molar-refractivity contribution is 5.95. The molecular formula is C24H25N3O4. The molecule has 0 bridgehead atoms. The number of aromatic nitrogens is 1. The highest BCUT2D eigenvalue weighted by atomic mass is 16.5. The number of nitrogens with one attached hydrogen (secondary N) is 1. The molecule has 0 radical (unpaired) electrons. The second kappa shape index (κ2) is 9.47. The molecule has 1 N–H and O–H groups in total. The van der Waals surface area contributed by atoms with Gasteiger partial charge < -0.3 is 19.5 Å². The first kappa shape index (κ1) is 20.7. The Morgan fingerprint density at radius 3 is 2.55 bits per heavy atom. The normalized spacial score (nSPS) is 12.9. The number of hydrogen-bond donors (Lipinski definition) is 1. The number of carbonyl (C=O) groups is 2. The molecule has 1 saturated carbocycles. The molecule has 1 fully saturated rings. The van der Waals surface area contributed by atoms with Crippen LogP contribution in [0.4, 0.5) is 0 Å². The lowest BCUT2D eigenvalue weighted by atomic mass is 10.1. The van der Waals surface area contributed by atoms with E-state index in [-0.39, 0.29) is 24.1 Å². The molecule has 7 nitrogen and oxygen atoms in total. The van der Waals surface area contributed by atoms with Gasteiger partial charge in [0.2, 0.25) is 5.91 Å². The van der Waals surface area contributed by atoms with E-state index in [9.17, 15) is 9.59 Å². The van der Waals surface area contributed by atoms with Gasteiger partial charge in [-0.2, -0.15) is 0 Å². The third-order valence-corrected chi connectivity index (χ3v) is 5.23. The molecule has 1 aromatic heterocycles. The van der Waals surface area contributed by atoms with Crippen LogP contribution >= 0.6 is 0 Å². The Morgan fingerprint density at radius 1 is 1.13 bits per heavy atom. The standard InChI is InChI=1S/C24H25N3O4/c1-30-20-11-9-19(10-12-20)22-13-21(26-31-22)24(29)27(15-18-5-3-2-4-6-18)16-23(28)25-14-17-7-8-17/h2-6,9-13,17H,7-8,14-16H2,1H3,(H,25,28). The molecule has 2 amide bonds. The Morgan fingerprint density at radius 2 is 1.87 bits per heavy atom. The average molecular weight is 419 g/mol. The quantitative estimate of drug-likeness (QED) is 0.574. The van der Waals surface area contributed by atoms with E-state index in [2.05, 4.69) is 10.5 Å². The molecule has 1 aliphatic rings. The maximum absolute atomic E-state index is 13.2. The summed E-state index contributed by atoms with van der Waals surface area (Å²) in [6, 6.07) is 18.5. The van der Waals surface area contributed by atoms with Gasteiger partial charge in [-0.3, -0.25) is 9.59 Å². The van der Waals surface area contributed by atoms with Gasteiger partial charge >= 0.3 is 0 Å². The lowest BCUT2D eigenvalue weighted by Gasteiger charge is -2.21. The molecular weight excluding hydrogens is 394 g/mol. The van der Waals surface area contributed by atoms with Crippen LogP contribution in [-0.4, -0.2) is 42.1 Å². The molecule has 1 heterocycles. The average Bonchev–Trinajstić information content (AvgIpc) is 3.51. The zero-order valence-electron chi connectivity index (χ0n) is 17.4. The van der Waals surface area contributed by atoms with Crippen LogP contribution < -0.4 is 10.1 Å². The SMILES string of the molecule is COc1ccc(-c2cc(C(=O)N(CC(=O)NCC3CC3)Cc3ccccc3)no2)cc1. The maximum atomic E-state index is 13.2. The predicted molar refractivity (Wildman–Crippen MR) is 115 cm³/mol. The summed E-state index contributed by atoms with van der Waals surface area (Å²) >= 11 is 0. The van der Waals surface area contributed by atoms with Crippen molar-refractivity contribution in [2.45, 2.75) is 19.4 Å². The highest BCUT2D eigenvalue weighted by Crippen LogP contribution is 2.27. The van der Waals surface area contributed by atoms with Gasteiger partial charge in [0.15, 0.2) is 11.5 Å². The van der Waals surface area contributed by atoms with Gasteiger partial charge in [0.1, 0.15) is 12.3 Å². The topological polar surface area (TPSA) is 84.7 Å². The summed E-state index contributed by atoms with van der Waals surface area (Å²) in [5, 5.41) is 6.88. The summed E-state index contributed by atoms with van der Waals surface area (Å²) in [6.07, 6.45) is 2.31. The number of nitrogens with zero attached hydrogens (tertiary/aromatic N) is 2. The van der Waals surface area contributed by atoms with Gasteiger partial charge in [0.05, 0.1) is 7.11 Å². The van der Waals surface area contributed by atoms with E-state index >= 15 is 0 Å². The van der Waals surface area contributed by atoms with Gasteiger partial charge in [-0.05, 0) is 48.6 Å². The van der Waals surface area contributed by atoms with E-state index in [1.54, 1.807) is 13.2 Å². The molecule has 2 aromatic carbocycles. The van der Waals surface area contributed by atoms with E-state index in [1.165, 1.54) is 4.90 Å². The molecule has 0 spiro atoms. The number of amides is 2. The summed E-state index contributed by atoms with van der Waals surface area (Å²) in [5.41, 5.74) is 1.88. The van der Waals surface area contributed by atoms with E-state index in [0.717, 1.165) is 29.7 Å². The Balaban J connectivity index is 1.49. The molecule has 4 rings (SSSR count). The maximum Gasteiger partial charge on any atom is 0.276 e. The first-order valence-electron chi connectivity index (χ1n) is 10.3. The fourth-order valence-corrected chi connectivity index (χ4v) is 3.24. The minimum absolute atomic E-state index is 0.0365. The highest BCUT2D eigenvalue weighted by Gasteiger charge is 2.25. The van der Waals surface area contributed by atoms with Crippen molar-refractivity contribution in [1.82, 2.24) is 15.4 Å². The Labute approximate surface area is 181 Å². The van der Waals surface area contributed by atoms with Crippen LogP contribution in [0.15, 0.2) is 65.2 Å². The van der Waals surface area contributed by atoms with E-state index in [0.29, 0.717) is 24.8 Å². The Kier molecular flexibility index (Phi) is 6.31. The number of ether oxygens (including phenoxy) is 1. The van der Waals surface area contributed by atoms with E-state index < -0.39 is 0 Å². The largest absolute Gasteiger partial charge is 0.497 e. The van der Waals surface area contributed by atoms with Crippen LogP contribution in [-0.2, 0) is 11.3 Å². The third kappa shape index (κ3) is 5.51. The summed E-state index contributed by atoms with van der Waals surface area (Å²) in [5.74, 6) is 1.25. The van der Waals surface area contributed by atoms with Crippen molar-refractivity contribution < 1.29 is 18.8 Å². The molecule has 0 unspecified atom stereocenters. The third-order valence-electron chi connectivity index (χ3n) is 5.23. The van der Waals surface area contributed by atoms with Crippen LogP contribution in [0.1, 0.15) is 28.9 Å². The van der Waals surface area contributed by atoms with Gasteiger partial charge in [0.25, 0.3) is 5.91 Å². The number of methoxy groups -OCH3 is 1. The van der Waals surface area contributed by atoms with Crippen LogP contribution in [0.25, 0.3) is 11.3 Å². The monoisotopic (exact) mass is 419 g/mol.